The highest BCUT2D eigenvalue weighted by Crippen LogP contribution is 2.29. The number of hydrogen-bond donors (Lipinski definition) is 1. The standard InChI is InChI=1S/C27H34FN5O3S/c1-3-36-23-11-9-22(10-12-23)33-26(35)24(19-25(34)29-21-7-5-20(28)6-8-21)32(27(33)37)14-4-13-31-17-15-30(2)16-18-31/h5-12,24H,3-4,13-19H2,1-2H3,(H,29,34). The van der Waals surface area contributed by atoms with Gasteiger partial charge in [0.05, 0.1) is 18.7 Å². The molecule has 198 valence electrons. The largest absolute Gasteiger partial charge is 0.494 e. The number of rotatable bonds is 10. The molecule has 1 N–H and O–H groups in total. The third-order valence-corrected chi connectivity index (χ3v) is 7.12. The van der Waals surface area contributed by atoms with Crippen molar-refractivity contribution in [2.24, 2.45) is 0 Å². The number of nitrogens with zero attached hydrogens (tertiary/aromatic N) is 4. The maximum absolute atomic E-state index is 13.6. The number of hydrogen-bond acceptors (Lipinski definition) is 6. The van der Waals surface area contributed by atoms with E-state index < -0.39 is 6.04 Å². The average molecular weight is 528 g/mol. The third-order valence-electron chi connectivity index (χ3n) is 6.70. The Morgan fingerprint density at radius 1 is 1.05 bits per heavy atom. The number of likely N-dealkylation sites (N-methyl/N-ethyl adjacent to an activating group) is 1. The fourth-order valence-corrected chi connectivity index (χ4v) is 5.05. The van der Waals surface area contributed by atoms with Gasteiger partial charge in [-0.25, -0.2) is 4.39 Å². The number of carbonyl (C=O) groups is 2. The van der Waals surface area contributed by atoms with Gasteiger partial charge in [-0.1, -0.05) is 0 Å². The van der Waals surface area contributed by atoms with Crippen LogP contribution in [0, 0.1) is 5.82 Å². The van der Waals surface area contributed by atoms with Crippen LogP contribution in [0.5, 0.6) is 5.75 Å². The zero-order valence-corrected chi connectivity index (χ0v) is 22.2. The molecule has 0 spiro atoms. The van der Waals surface area contributed by atoms with Crippen molar-refractivity contribution in [2.75, 3.05) is 63.1 Å². The lowest BCUT2D eigenvalue weighted by molar-refractivity contribution is -0.124. The molecule has 4 rings (SSSR count). The van der Waals surface area contributed by atoms with E-state index >= 15 is 0 Å². The molecule has 2 fully saturated rings. The molecule has 8 nitrogen and oxygen atoms in total. The molecule has 0 bridgehead atoms. The van der Waals surface area contributed by atoms with E-state index in [1.54, 1.807) is 24.3 Å². The Labute approximate surface area is 223 Å². The fourth-order valence-electron chi connectivity index (χ4n) is 4.64. The van der Waals surface area contributed by atoms with Crippen LogP contribution >= 0.6 is 12.2 Å². The Bertz CT molecular complexity index is 1090. The Kier molecular flexibility index (Phi) is 9.07. The van der Waals surface area contributed by atoms with E-state index in [1.165, 1.54) is 29.2 Å². The minimum Gasteiger partial charge on any atom is -0.494 e. The monoisotopic (exact) mass is 527 g/mol. The number of halogens is 1. The highest BCUT2D eigenvalue weighted by atomic mass is 32.1. The molecule has 0 aromatic heterocycles. The number of benzene rings is 2. The molecule has 2 aromatic rings. The normalized spacial score (nSPS) is 18.9. The van der Waals surface area contributed by atoms with Crippen molar-refractivity contribution >= 4 is 40.5 Å². The molecule has 2 heterocycles. The van der Waals surface area contributed by atoms with Gasteiger partial charge >= 0.3 is 0 Å². The number of piperazine rings is 1. The second-order valence-electron chi connectivity index (χ2n) is 9.35. The van der Waals surface area contributed by atoms with E-state index in [2.05, 4.69) is 22.2 Å². The lowest BCUT2D eigenvalue weighted by Gasteiger charge is -2.33. The van der Waals surface area contributed by atoms with Gasteiger partial charge in [-0.3, -0.25) is 14.5 Å². The molecule has 1 unspecified atom stereocenters. The molecule has 0 aliphatic carbocycles. The summed E-state index contributed by atoms with van der Waals surface area (Å²) < 4.78 is 18.8. The molecule has 37 heavy (non-hydrogen) atoms. The number of nitrogens with one attached hydrogen (secondary N) is 1. The lowest BCUT2D eigenvalue weighted by Crippen LogP contribution is -2.45. The van der Waals surface area contributed by atoms with Crippen LogP contribution in [0.3, 0.4) is 0 Å². The molecule has 10 heteroatoms. The zero-order valence-electron chi connectivity index (χ0n) is 21.4. The van der Waals surface area contributed by atoms with Crippen molar-refractivity contribution in [3.05, 3.63) is 54.3 Å². The predicted molar refractivity (Wildman–Crippen MR) is 146 cm³/mol. The van der Waals surface area contributed by atoms with Gasteiger partial charge in [0, 0.05) is 38.4 Å². The minimum absolute atomic E-state index is 0.0572. The van der Waals surface area contributed by atoms with Gasteiger partial charge < -0.3 is 24.8 Å². The number of ether oxygens (including phenoxy) is 1. The highest BCUT2D eigenvalue weighted by Gasteiger charge is 2.43. The van der Waals surface area contributed by atoms with Crippen molar-refractivity contribution in [1.29, 1.82) is 0 Å². The molecule has 2 aliphatic heterocycles. The highest BCUT2D eigenvalue weighted by molar-refractivity contribution is 7.80. The average Bonchev–Trinajstić information content (AvgIpc) is 3.11. The van der Waals surface area contributed by atoms with Crippen LogP contribution in [0.2, 0.25) is 0 Å². The van der Waals surface area contributed by atoms with E-state index in [0.29, 0.717) is 35.4 Å². The van der Waals surface area contributed by atoms with Crippen LogP contribution in [0.15, 0.2) is 48.5 Å². The summed E-state index contributed by atoms with van der Waals surface area (Å²) in [4.78, 5) is 34.6. The van der Waals surface area contributed by atoms with E-state index in [9.17, 15) is 14.0 Å². The number of amides is 2. The van der Waals surface area contributed by atoms with Gasteiger partial charge in [0.25, 0.3) is 5.91 Å². The molecule has 2 saturated heterocycles. The SMILES string of the molecule is CCOc1ccc(N2C(=O)C(CC(=O)Nc3ccc(F)cc3)N(CCCN3CCN(C)CC3)C2=S)cc1. The molecule has 2 aliphatic rings. The van der Waals surface area contributed by atoms with Crippen LogP contribution in [-0.4, -0.2) is 90.6 Å². The Hall–Kier alpha value is -3.08. The summed E-state index contributed by atoms with van der Waals surface area (Å²) in [5.74, 6) is -0.233. The van der Waals surface area contributed by atoms with Gasteiger partial charge in [0.15, 0.2) is 5.11 Å². The molecule has 0 radical (unpaired) electrons. The minimum atomic E-state index is -0.716. The van der Waals surface area contributed by atoms with Gasteiger partial charge in [-0.15, -0.1) is 0 Å². The fraction of sp³-hybridized carbons (Fsp3) is 0.444. The molecule has 2 amide bonds. The Morgan fingerprint density at radius 2 is 1.73 bits per heavy atom. The van der Waals surface area contributed by atoms with Gasteiger partial charge in [0.2, 0.25) is 5.91 Å². The summed E-state index contributed by atoms with van der Waals surface area (Å²) in [5.41, 5.74) is 1.12. The first kappa shape index (κ1) is 27.0. The van der Waals surface area contributed by atoms with E-state index in [0.717, 1.165) is 39.1 Å². The van der Waals surface area contributed by atoms with Crippen LogP contribution in [0.4, 0.5) is 15.8 Å². The second-order valence-corrected chi connectivity index (χ2v) is 9.72. The summed E-state index contributed by atoms with van der Waals surface area (Å²) in [6, 6.07) is 12.1. The van der Waals surface area contributed by atoms with Crippen molar-refractivity contribution in [3.63, 3.8) is 0 Å². The third kappa shape index (κ3) is 6.82. The number of thiocarbonyl (C=S) groups is 1. The predicted octanol–water partition coefficient (Wildman–Crippen LogP) is 3.19. The quantitative estimate of drug-likeness (QED) is 0.476. The van der Waals surface area contributed by atoms with Crippen molar-refractivity contribution in [1.82, 2.24) is 14.7 Å². The van der Waals surface area contributed by atoms with Crippen molar-refractivity contribution in [2.45, 2.75) is 25.8 Å². The number of carbonyl (C=O) groups excluding carboxylic acids is 2. The molecular weight excluding hydrogens is 493 g/mol. The molecular formula is C27H34FN5O3S. The topological polar surface area (TPSA) is 68.4 Å². The lowest BCUT2D eigenvalue weighted by atomic mass is 10.1. The zero-order chi connectivity index (χ0) is 26.4. The number of anilines is 2. The second kappa shape index (κ2) is 12.4. The Morgan fingerprint density at radius 3 is 2.38 bits per heavy atom. The van der Waals surface area contributed by atoms with Crippen LogP contribution in [-0.2, 0) is 9.59 Å². The maximum Gasteiger partial charge on any atom is 0.256 e. The maximum atomic E-state index is 13.6. The first-order chi connectivity index (χ1) is 17.9. The first-order valence-corrected chi connectivity index (χ1v) is 13.1. The van der Waals surface area contributed by atoms with Gasteiger partial charge in [0.1, 0.15) is 17.6 Å². The summed E-state index contributed by atoms with van der Waals surface area (Å²) >= 11 is 5.77. The van der Waals surface area contributed by atoms with E-state index in [1.807, 2.05) is 11.8 Å². The smallest absolute Gasteiger partial charge is 0.256 e. The van der Waals surface area contributed by atoms with Gasteiger partial charge in [-0.2, -0.15) is 0 Å². The summed E-state index contributed by atoms with van der Waals surface area (Å²) in [6.45, 7) is 8.04. The first-order valence-electron chi connectivity index (χ1n) is 12.7. The summed E-state index contributed by atoms with van der Waals surface area (Å²) in [7, 11) is 2.13. The molecule has 0 saturated carbocycles. The summed E-state index contributed by atoms with van der Waals surface area (Å²) in [6.07, 6.45) is 0.767. The van der Waals surface area contributed by atoms with Crippen LogP contribution in [0.1, 0.15) is 19.8 Å². The van der Waals surface area contributed by atoms with Crippen molar-refractivity contribution in [3.8, 4) is 5.75 Å². The molecule has 2 aromatic carbocycles. The van der Waals surface area contributed by atoms with Crippen LogP contribution < -0.4 is 15.0 Å². The van der Waals surface area contributed by atoms with Crippen molar-refractivity contribution < 1.29 is 18.7 Å². The van der Waals surface area contributed by atoms with E-state index in [-0.39, 0.29) is 24.1 Å². The molecule has 1 atom stereocenters. The summed E-state index contributed by atoms with van der Waals surface area (Å²) in [5, 5.41) is 3.16. The van der Waals surface area contributed by atoms with Crippen LogP contribution in [0.25, 0.3) is 0 Å². The van der Waals surface area contributed by atoms with Gasteiger partial charge in [-0.05, 0) is 87.7 Å². The van der Waals surface area contributed by atoms with E-state index in [4.69, 9.17) is 17.0 Å². The Balaban J connectivity index is 1.47.